The number of methoxy groups -OCH3 is 1. The number of benzene rings is 2. The van der Waals surface area contributed by atoms with Gasteiger partial charge in [0, 0.05) is 54.6 Å². The Morgan fingerprint density at radius 2 is 1.83 bits per heavy atom. The Labute approximate surface area is 276 Å². The monoisotopic (exact) mass is 641 g/mol. The molecule has 2 bridgehead atoms. The molecule has 1 N–H and O–H groups in total. The zero-order valence-electron chi connectivity index (χ0n) is 27.7. The van der Waals surface area contributed by atoms with Crippen molar-refractivity contribution in [2.75, 3.05) is 20.2 Å². The van der Waals surface area contributed by atoms with Crippen LogP contribution in [0.2, 0.25) is 0 Å². The molecule has 244 valence electrons. The molecule has 0 saturated carbocycles. The highest BCUT2D eigenvalue weighted by molar-refractivity contribution is 7.09. The lowest BCUT2D eigenvalue weighted by molar-refractivity contribution is -0.136. The van der Waals surface area contributed by atoms with Crippen LogP contribution in [0.15, 0.2) is 60.0 Å². The van der Waals surface area contributed by atoms with Crippen LogP contribution in [-0.2, 0) is 17.8 Å². The number of carbonyl (C=O) groups excluding carboxylic acids is 2. The largest absolute Gasteiger partial charge is 0.497 e. The minimum absolute atomic E-state index is 0.0379. The summed E-state index contributed by atoms with van der Waals surface area (Å²) in [6.45, 7) is 11.1. The summed E-state index contributed by atoms with van der Waals surface area (Å²) in [6.07, 6.45) is 4.37. The highest BCUT2D eigenvalue weighted by atomic mass is 32.1. The van der Waals surface area contributed by atoms with Crippen LogP contribution < -0.4 is 10.1 Å². The van der Waals surface area contributed by atoms with Crippen LogP contribution in [-0.4, -0.2) is 69.5 Å². The number of nitrogens with one attached hydrogen (secondary N) is 1. The third-order valence-electron chi connectivity index (χ3n) is 9.74. The van der Waals surface area contributed by atoms with Crippen LogP contribution in [0.4, 0.5) is 0 Å². The second kappa shape index (κ2) is 14.0. The van der Waals surface area contributed by atoms with E-state index in [1.807, 2.05) is 35.2 Å². The highest BCUT2D eigenvalue weighted by Crippen LogP contribution is 2.33. The number of nitrogens with zero attached hydrogens (tertiary/aromatic N) is 4. The van der Waals surface area contributed by atoms with Crippen LogP contribution in [0.5, 0.6) is 5.75 Å². The summed E-state index contributed by atoms with van der Waals surface area (Å²) in [4.78, 5) is 38.5. The molecule has 2 fully saturated rings. The van der Waals surface area contributed by atoms with Crippen LogP contribution in [0, 0.1) is 5.92 Å². The van der Waals surface area contributed by atoms with Crippen LogP contribution in [0.25, 0.3) is 11.0 Å². The van der Waals surface area contributed by atoms with Gasteiger partial charge in [-0.3, -0.25) is 14.5 Å². The van der Waals surface area contributed by atoms with Crippen molar-refractivity contribution >= 4 is 34.2 Å². The number of ether oxygens (including phenoxy) is 1. The Morgan fingerprint density at radius 3 is 2.46 bits per heavy atom. The van der Waals surface area contributed by atoms with E-state index < -0.39 is 6.04 Å². The quantitative estimate of drug-likeness (QED) is 0.176. The normalized spacial score (nSPS) is 18.6. The molecule has 0 aliphatic carbocycles. The lowest BCUT2D eigenvalue weighted by atomic mass is 10.0. The number of amides is 2. The molecule has 2 unspecified atom stereocenters. The maximum atomic E-state index is 14.0. The number of thiophene rings is 1. The summed E-state index contributed by atoms with van der Waals surface area (Å²) in [5.74, 6) is 1.97. The van der Waals surface area contributed by atoms with E-state index >= 15 is 0 Å². The smallest absolute Gasteiger partial charge is 0.252 e. The van der Waals surface area contributed by atoms with Gasteiger partial charge in [0.25, 0.3) is 5.91 Å². The van der Waals surface area contributed by atoms with Gasteiger partial charge in [-0.15, -0.1) is 11.3 Å². The third kappa shape index (κ3) is 6.72. The van der Waals surface area contributed by atoms with Gasteiger partial charge in [0.2, 0.25) is 5.91 Å². The lowest BCUT2D eigenvalue weighted by Crippen LogP contribution is -2.55. The summed E-state index contributed by atoms with van der Waals surface area (Å²) < 4.78 is 7.66. The van der Waals surface area contributed by atoms with Gasteiger partial charge in [-0.1, -0.05) is 45.9 Å². The number of hydrogen-bond donors (Lipinski definition) is 1. The summed E-state index contributed by atoms with van der Waals surface area (Å²) in [5, 5.41) is 5.24. The fraction of sp³-hybridized carbons (Fsp3) is 0.486. The Kier molecular flexibility index (Phi) is 9.80. The molecule has 4 aromatic rings. The van der Waals surface area contributed by atoms with Crippen molar-refractivity contribution in [1.82, 2.24) is 24.7 Å². The maximum Gasteiger partial charge on any atom is 0.252 e. The average molecular weight is 642 g/mol. The molecule has 2 aromatic carbocycles. The number of hydrogen-bond acceptors (Lipinski definition) is 6. The minimum atomic E-state index is -0.561. The number of imidazole rings is 1. The topological polar surface area (TPSA) is 79.7 Å². The van der Waals surface area contributed by atoms with Crippen molar-refractivity contribution in [1.29, 1.82) is 0 Å². The van der Waals surface area contributed by atoms with Crippen LogP contribution in [0.1, 0.15) is 86.0 Å². The number of piperazine rings is 1. The van der Waals surface area contributed by atoms with Gasteiger partial charge < -0.3 is 19.5 Å². The van der Waals surface area contributed by atoms with Crippen molar-refractivity contribution in [3.8, 4) is 5.75 Å². The first-order valence-electron chi connectivity index (χ1n) is 16.8. The maximum absolute atomic E-state index is 14.0. The second-order valence-electron chi connectivity index (χ2n) is 13.3. The molecule has 6 rings (SSSR count). The predicted molar refractivity (Wildman–Crippen MR) is 184 cm³/mol. The summed E-state index contributed by atoms with van der Waals surface area (Å²) in [6, 6.07) is 18.6. The first kappa shape index (κ1) is 32.3. The SMILES string of the molecule is CCC(CC)n1c(Cc2cccs2)nc2cc(C(=O)N[C@@H](CC(C)C)C(=O)N3CC4CC3CN4Cc3ccc(OC)cc3)ccc21. The van der Waals surface area contributed by atoms with Crippen molar-refractivity contribution in [3.63, 3.8) is 0 Å². The van der Waals surface area contributed by atoms with Gasteiger partial charge in [-0.2, -0.15) is 0 Å². The fourth-order valence-corrected chi connectivity index (χ4v) is 8.06. The number of carbonyl (C=O) groups is 2. The molecule has 2 amide bonds. The van der Waals surface area contributed by atoms with Crippen molar-refractivity contribution in [2.24, 2.45) is 5.92 Å². The highest BCUT2D eigenvalue weighted by Gasteiger charge is 2.46. The summed E-state index contributed by atoms with van der Waals surface area (Å²) >= 11 is 1.74. The van der Waals surface area contributed by atoms with Gasteiger partial charge >= 0.3 is 0 Å². The number of fused-ring (bicyclic) bond motifs is 3. The van der Waals surface area contributed by atoms with E-state index in [1.54, 1.807) is 18.4 Å². The molecule has 2 aliphatic rings. The molecular weight excluding hydrogens is 595 g/mol. The van der Waals surface area contributed by atoms with E-state index in [-0.39, 0.29) is 23.8 Å². The van der Waals surface area contributed by atoms with Crippen LogP contribution in [0.3, 0.4) is 0 Å². The minimum Gasteiger partial charge on any atom is -0.497 e. The van der Waals surface area contributed by atoms with E-state index in [4.69, 9.17) is 9.72 Å². The van der Waals surface area contributed by atoms with Crippen molar-refractivity contribution < 1.29 is 14.3 Å². The van der Waals surface area contributed by atoms with Gasteiger partial charge in [0.15, 0.2) is 0 Å². The average Bonchev–Trinajstić information content (AvgIpc) is 3.86. The number of aromatic nitrogens is 2. The number of likely N-dealkylation sites (tertiary alicyclic amines) is 2. The first-order chi connectivity index (χ1) is 22.3. The molecule has 2 saturated heterocycles. The summed E-state index contributed by atoms with van der Waals surface area (Å²) in [7, 11) is 1.68. The van der Waals surface area contributed by atoms with E-state index in [0.29, 0.717) is 30.6 Å². The molecule has 46 heavy (non-hydrogen) atoms. The zero-order valence-corrected chi connectivity index (χ0v) is 28.6. The molecule has 0 radical (unpaired) electrons. The summed E-state index contributed by atoms with van der Waals surface area (Å²) in [5.41, 5.74) is 3.67. The number of rotatable bonds is 13. The molecule has 9 heteroatoms. The van der Waals surface area contributed by atoms with Gasteiger partial charge in [0.05, 0.1) is 18.1 Å². The Balaban J connectivity index is 1.16. The molecular formula is C37H47N5O3S. The predicted octanol–water partition coefficient (Wildman–Crippen LogP) is 6.69. The van der Waals surface area contributed by atoms with Gasteiger partial charge in [-0.25, -0.2) is 4.98 Å². The fourth-order valence-electron chi connectivity index (χ4n) is 7.36. The van der Waals surface area contributed by atoms with E-state index in [9.17, 15) is 9.59 Å². The lowest BCUT2D eigenvalue weighted by Gasteiger charge is -2.36. The van der Waals surface area contributed by atoms with Crippen molar-refractivity contribution in [3.05, 3.63) is 81.8 Å². The standard InChI is InChI=1S/C37H47N5O3S/c1-6-27(7-2)42-34-15-12-26(18-32(34)38-35(42)20-31-9-8-16-46-31)36(43)39-33(17-24(3)4)37(44)41-23-28-19-29(41)22-40(28)21-25-10-13-30(45-5)14-11-25/h8-16,18,24,27-29,33H,6-7,17,19-23H2,1-5H3,(H,39,43)/t28?,29?,33-/m0/s1. The van der Waals surface area contributed by atoms with Crippen LogP contribution >= 0.6 is 11.3 Å². The second-order valence-corrected chi connectivity index (χ2v) is 14.3. The van der Waals surface area contributed by atoms with E-state index in [2.05, 4.69) is 72.1 Å². The zero-order chi connectivity index (χ0) is 32.4. The Hall–Kier alpha value is -3.69. The van der Waals surface area contributed by atoms with Gasteiger partial charge in [-0.05, 0) is 78.9 Å². The molecule has 8 nitrogen and oxygen atoms in total. The third-order valence-corrected chi connectivity index (χ3v) is 10.6. The Morgan fingerprint density at radius 1 is 1.04 bits per heavy atom. The van der Waals surface area contributed by atoms with E-state index in [0.717, 1.165) is 61.4 Å². The van der Waals surface area contributed by atoms with Crippen molar-refractivity contribution in [2.45, 2.75) is 90.5 Å². The Bertz CT molecular complexity index is 1640. The molecule has 2 aromatic heterocycles. The first-order valence-corrected chi connectivity index (χ1v) is 17.7. The molecule has 2 aliphatic heterocycles. The van der Waals surface area contributed by atoms with Gasteiger partial charge in [0.1, 0.15) is 17.6 Å². The molecule has 0 spiro atoms. The molecule has 4 heterocycles. The van der Waals surface area contributed by atoms with E-state index in [1.165, 1.54) is 10.4 Å². The molecule has 3 atom stereocenters.